The fourth-order valence-corrected chi connectivity index (χ4v) is 1.94. The molecule has 0 saturated carbocycles. The van der Waals surface area contributed by atoms with Crippen molar-refractivity contribution in [3.63, 3.8) is 0 Å². The average molecular weight is 325 g/mol. The lowest BCUT2D eigenvalue weighted by Gasteiger charge is -2.13. The van der Waals surface area contributed by atoms with Gasteiger partial charge in [-0.15, -0.1) is 0 Å². The van der Waals surface area contributed by atoms with Crippen molar-refractivity contribution in [2.75, 3.05) is 33.7 Å². The quantitative estimate of drug-likeness (QED) is 0.595. The van der Waals surface area contributed by atoms with Crippen LogP contribution < -0.4 is 10.6 Å². The molecule has 1 amide bonds. The number of nitrogens with zero attached hydrogens (tertiary/aromatic N) is 2. The molecule has 0 aliphatic heterocycles. The first-order valence-corrected chi connectivity index (χ1v) is 7.87. The molecule has 2 N–H and O–H groups in total. The fourth-order valence-electron chi connectivity index (χ4n) is 1.72. The molecule has 0 heterocycles. The van der Waals surface area contributed by atoms with Gasteiger partial charge in [-0.3, -0.25) is 4.79 Å². The topological polar surface area (TPSA) is 56.7 Å². The number of guanidine groups is 1. The fraction of sp³-hybridized carbons (Fsp3) is 0.500. The third-order valence-corrected chi connectivity index (χ3v) is 3.24. The van der Waals surface area contributed by atoms with Crippen molar-refractivity contribution in [2.45, 2.75) is 19.8 Å². The molecule has 1 aromatic rings. The lowest BCUT2D eigenvalue weighted by molar-refractivity contribution is -0.127. The van der Waals surface area contributed by atoms with Crippen molar-refractivity contribution in [3.05, 3.63) is 34.9 Å². The first-order chi connectivity index (χ1) is 10.5. The Kier molecular flexibility index (Phi) is 8.36. The Labute approximate surface area is 137 Å². The predicted molar refractivity (Wildman–Crippen MR) is 92.4 cm³/mol. The number of rotatable bonds is 7. The Morgan fingerprint density at radius 3 is 2.64 bits per heavy atom. The van der Waals surface area contributed by atoms with Crippen LogP contribution in [0.15, 0.2) is 29.3 Å². The number of benzene rings is 1. The second-order valence-corrected chi connectivity index (χ2v) is 5.62. The Morgan fingerprint density at radius 2 is 2.00 bits per heavy atom. The molecular weight excluding hydrogens is 300 g/mol. The number of hydrogen-bond acceptors (Lipinski definition) is 2. The van der Waals surface area contributed by atoms with Gasteiger partial charge in [-0.25, -0.2) is 4.99 Å². The SMILES string of the molecule is CCCNC(=NCC(=O)N(C)C)NCCc1cccc(Cl)c1. The molecule has 22 heavy (non-hydrogen) atoms. The minimum atomic E-state index is -0.0209. The molecule has 6 heteroatoms. The molecule has 5 nitrogen and oxygen atoms in total. The van der Waals surface area contributed by atoms with Crippen molar-refractivity contribution in [1.29, 1.82) is 0 Å². The first-order valence-electron chi connectivity index (χ1n) is 7.49. The van der Waals surface area contributed by atoms with E-state index in [9.17, 15) is 4.79 Å². The molecule has 0 bridgehead atoms. The minimum Gasteiger partial charge on any atom is -0.356 e. The third kappa shape index (κ3) is 7.31. The van der Waals surface area contributed by atoms with E-state index in [-0.39, 0.29) is 12.5 Å². The molecule has 0 atom stereocenters. The molecule has 0 aromatic heterocycles. The van der Waals surface area contributed by atoms with E-state index in [1.807, 2.05) is 24.3 Å². The largest absolute Gasteiger partial charge is 0.356 e. The van der Waals surface area contributed by atoms with Crippen LogP contribution in [0.25, 0.3) is 0 Å². The Balaban J connectivity index is 2.50. The highest BCUT2D eigenvalue weighted by molar-refractivity contribution is 6.30. The maximum atomic E-state index is 11.6. The van der Waals surface area contributed by atoms with Crippen molar-refractivity contribution in [1.82, 2.24) is 15.5 Å². The molecule has 0 spiro atoms. The van der Waals surface area contributed by atoms with Crippen LogP contribution in [0.1, 0.15) is 18.9 Å². The summed E-state index contributed by atoms with van der Waals surface area (Å²) in [5.41, 5.74) is 1.17. The normalized spacial score (nSPS) is 11.2. The van der Waals surface area contributed by atoms with Gasteiger partial charge in [-0.2, -0.15) is 0 Å². The Hall–Kier alpha value is -1.75. The summed E-state index contributed by atoms with van der Waals surface area (Å²) in [6.45, 7) is 3.77. The molecule has 0 radical (unpaired) electrons. The van der Waals surface area contributed by atoms with Crippen LogP contribution in [0, 0.1) is 0 Å². The first kappa shape index (κ1) is 18.3. The van der Waals surface area contributed by atoms with Crippen molar-refractivity contribution >= 4 is 23.5 Å². The van der Waals surface area contributed by atoms with Crippen LogP contribution >= 0.6 is 11.6 Å². The second kappa shape index (κ2) is 10.1. The standard InChI is InChI=1S/C16H25ClN4O/c1-4-9-18-16(20-12-15(22)21(2)3)19-10-8-13-6-5-7-14(17)11-13/h5-7,11H,4,8-10,12H2,1-3H3,(H2,18,19,20). The van der Waals surface area contributed by atoms with Gasteiger partial charge in [0.25, 0.3) is 0 Å². The Morgan fingerprint density at radius 1 is 1.27 bits per heavy atom. The number of carbonyl (C=O) groups is 1. The van der Waals surface area contributed by atoms with Crippen LogP contribution in [0.2, 0.25) is 5.02 Å². The molecule has 122 valence electrons. The van der Waals surface area contributed by atoms with Crippen LogP contribution in [0.3, 0.4) is 0 Å². The minimum absolute atomic E-state index is 0.0209. The van der Waals surface area contributed by atoms with Crippen molar-refractivity contribution in [2.24, 2.45) is 4.99 Å². The van der Waals surface area contributed by atoms with Gasteiger partial charge in [0.1, 0.15) is 6.54 Å². The van der Waals surface area contributed by atoms with E-state index in [1.54, 1.807) is 14.1 Å². The summed E-state index contributed by atoms with van der Waals surface area (Å²) in [7, 11) is 3.45. The van der Waals surface area contributed by atoms with E-state index >= 15 is 0 Å². The zero-order valence-corrected chi connectivity index (χ0v) is 14.3. The zero-order chi connectivity index (χ0) is 16.4. The van der Waals surface area contributed by atoms with Gasteiger partial charge in [-0.05, 0) is 30.5 Å². The van der Waals surface area contributed by atoms with E-state index in [2.05, 4.69) is 22.5 Å². The van der Waals surface area contributed by atoms with Crippen LogP contribution in [-0.2, 0) is 11.2 Å². The van der Waals surface area contributed by atoms with Crippen LogP contribution in [0.4, 0.5) is 0 Å². The van der Waals surface area contributed by atoms with Crippen molar-refractivity contribution in [3.8, 4) is 0 Å². The van der Waals surface area contributed by atoms with E-state index in [1.165, 1.54) is 10.5 Å². The number of likely N-dealkylation sites (N-methyl/N-ethyl adjacent to an activating group) is 1. The van der Waals surface area contributed by atoms with E-state index in [0.29, 0.717) is 5.96 Å². The smallest absolute Gasteiger partial charge is 0.243 e. The summed E-state index contributed by atoms with van der Waals surface area (Å²) in [6.07, 6.45) is 1.84. The van der Waals surface area contributed by atoms with Gasteiger partial charge in [-0.1, -0.05) is 30.7 Å². The van der Waals surface area contributed by atoms with E-state index in [0.717, 1.165) is 31.0 Å². The highest BCUT2D eigenvalue weighted by Crippen LogP contribution is 2.10. The summed E-state index contributed by atoms with van der Waals surface area (Å²) in [5, 5.41) is 7.19. The second-order valence-electron chi connectivity index (χ2n) is 5.19. The van der Waals surface area contributed by atoms with Crippen LogP contribution in [0.5, 0.6) is 0 Å². The number of nitrogens with one attached hydrogen (secondary N) is 2. The molecule has 1 aromatic carbocycles. The third-order valence-electron chi connectivity index (χ3n) is 3.01. The average Bonchev–Trinajstić information content (AvgIpc) is 2.49. The monoisotopic (exact) mass is 324 g/mol. The molecule has 0 unspecified atom stereocenters. The van der Waals surface area contributed by atoms with Gasteiger partial charge in [0.05, 0.1) is 0 Å². The number of amides is 1. The molecule has 0 aliphatic rings. The number of carbonyl (C=O) groups excluding carboxylic acids is 1. The maximum absolute atomic E-state index is 11.6. The van der Waals surface area contributed by atoms with Gasteiger partial charge in [0.2, 0.25) is 5.91 Å². The molecular formula is C16H25ClN4O. The summed E-state index contributed by atoms with van der Waals surface area (Å²) >= 11 is 5.97. The molecule has 0 aliphatic carbocycles. The summed E-state index contributed by atoms with van der Waals surface area (Å²) < 4.78 is 0. The molecule has 0 fully saturated rings. The Bertz CT molecular complexity index is 503. The van der Waals surface area contributed by atoms with Gasteiger partial charge >= 0.3 is 0 Å². The van der Waals surface area contributed by atoms with Crippen molar-refractivity contribution < 1.29 is 4.79 Å². The van der Waals surface area contributed by atoms with Crippen LogP contribution in [-0.4, -0.2) is 50.5 Å². The summed E-state index contributed by atoms with van der Waals surface area (Å²) in [6, 6.07) is 7.80. The highest BCUT2D eigenvalue weighted by atomic mass is 35.5. The number of aliphatic imine (C=N–C) groups is 1. The maximum Gasteiger partial charge on any atom is 0.243 e. The number of hydrogen-bond donors (Lipinski definition) is 2. The van der Waals surface area contributed by atoms with Gasteiger partial charge < -0.3 is 15.5 Å². The zero-order valence-electron chi connectivity index (χ0n) is 13.5. The lowest BCUT2D eigenvalue weighted by Crippen LogP contribution is -2.39. The highest BCUT2D eigenvalue weighted by Gasteiger charge is 2.04. The van der Waals surface area contributed by atoms with E-state index in [4.69, 9.17) is 11.6 Å². The summed E-state index contributed by atoms with van der Waals surface area (Å²) in [4.78, 5) is 17.4. The molecule has 1 rings (SSSR count). The van der Waals surface area contributed by atoms with Gasteiger partial charge in [0.15, 0.2) is 5.96 Å². The molecule has 0 saturated heterocycles. The predicted octanol–water partition coefficient (Wildman–Crippen LogP) is 1.92. The number of halogens is 1. The van der Waals surface area contributed by atoms with Gasteiger partial charge in [0, 0.05) is 32.2 Å². The summed E-state index contributed by atoms with van der Waals surface area (Å²) in [5.74, 6) is 0.645. The lowest BCUT2D eigenvalue weighted by atomic mass is 10.1. The van der Waals surface area contributed by atoms with E-state index < -0.39 is 0 Å².